The van der Waals surface area contributed by atoms with E-state index in [1.807, 2.05) is 0 Å². The Labute approximate surface area is 112 Å². The van der Waals surface area contributed by atoms with Crippen LogP contribution in [0.4, 0.5) is 8.78 Å². The Hall–Kier alpha value is -1.00. The third kappa shape index (κ3) is 4.55. The minimum absolute atomic E-state index is 0.0304. The molecule has 2 rings (SSSR count). The predicted octanol–water partition coefficient (Wildman–Crippen LogP) is 2.72. The van der Waals surface area contributed by atoms with Crippen LogP contribution in [-0.2, 0) is 24.0 Å². The van der Waals surface area contributed by atoms with Crippen molar-refractivity contribution in [3.63, 3.8) is 0 Å². The first-order chi connectivity index (χ1) is 9.15. The Morgan fingerprint density at radius 3 is 2.79 bits per heavy atom. The SMILES string of the molecule is NC(CCOCC(F)F)Cc1ccc2c(c1)CCC2. The molecule has 2 nitrogen and oxygen atoms in total. The molecule has 0 saturated heterocycles. The summed E-state index contributed by atoms with van der Waals surface area (Å²) in [6.07, 6.45) is 2.59. The lowest BCUT2D eigenvalue weighted by Gasteiger charge is -2.13. The molecule has 1 aliphatic rings. The average molecular weight is 269 g/mol. The fraction of sp³-hybridized carbons (Fsp3) is 0.600. The van der Waals surface area contributed by atoms with Gasteiger partial charge in [-0.3, -0.25) is 0 Å². The van der Waals surface area contributed by atoms with Crippen LogP contribution in [0.3, 0.4) is 0 Å². The molecule has 2 N–H and O–H groups in total. The first-order valence-electron chi connectivity index (χ1n) is 6.87. The standard InChI is InChI=1S/C15H21F2NO/c16-15(17)10-19-7-6-14(18)9-11-4-5-12-2-1-3-13(12)8-11/h4-5,8,14-15H,1-3,6-7,9-10,18H2. The van der Waals surface area contributed by atoms with E-state index in [9.17, 15) is 8.78 Å². The molecular weight excluding hydrogens is 248 g/mol. The molecule has 1 atom stereocenters. The van der Waals surface area contributed by atoms with Crippen molar-refractivity contribution in [3.05, 3.63) is 34.9 Å². The Morgan fingerprint density at radius 1 is 1.21 bits per heavy atom. The van der Waals surface area contributed by atoms with Crippen LogP contribution in [-0.4, -0.2) is 25.7 Å². The lowest BCUT2D eigenvalue weighted by atomic mass is 10.00. The molecule has 0 aliphatic heterocycles. The van der Waals surface area contributed by atoms with Gasteiger partial charge in [0.05, 0.1) is 0 Å². The fourth-order valence-corrected chi connectivity index (χ4v) is 2.56. The van der Waals surface area contributed by atoms with E-state index in [-0.39, 0.29) is 6.04 Å². The molecule has 0 bridgehead atoms. The van der Waals surface area contributed by atoms with E-state index in [1.54, 1.807) is 0 Å². The summed E-state index contributed by atoms with van der Waals surface area (Å²) in [7, 11) is 0. The number of benzene rings is 1. The summed E-state index contributed by atoms with van der Waals surface area (Å²) in [6.45, 7) is -0.192. The number of ether oxygens (including phenoxy) is 1. The highest BCUT2D eigenvalue weighted by Crippen LogP contribution is 2.23. The number of hydrogen-bond acceptors (Lipinski definition) is 2. The van der Waals surface area contributed by atoms with Crippen molar-refractivity contribution in [1.29, 1.82) is 0 Å². The van der Waals surface area contributed by atoms with Crippen LogP contribution in [0.25, 0.3) is 0 Å². The van der Waals surface area contributed by atoms with Crippen LogP contribution >= 0.6 is 0 Å². The summed E-state index contributed by atoms with van der Waals surface area (Å²) in [5, 5.41) is 0. The summed E-state index contributed by atoms with van der Waals surface area (Å²) in [6, 6.07) is 6.53. The number of halogens is 2. The van der Waals surface area contributed by atoms with Gasteiger partial charge in [-0.2, -0.15) is 0 Å². The van der Waals surface area contributed by atoms with Crippen molar-refractivity contribution in [1.82, 2.24) is 0 Å². The van der Waals surface area contributed by atoms with E-state index < -0.39 is 13.0 Å². The summed E-state index contributed by atoms with van der Waals surface area (Å²) >= 11 is 0. The molecule has 0 spiro atoms. The molecule has 1 aromatic rings. The van der Waals surface area contributed by atoms with Gasteiger partial charge in [0.25, 0.3) is 6.43 Å². The first kappa shape index (κ1) is 14.4. The summed E-state index contributed by atoms with van der Waals surface area (Å²) < 4.78 is 28.6. The normalized spacial score (nSPS) is 15.8. The molecule has 1 unspecified atom stereocenters. The molecule has 0 amide bonds. The van der Waals surface area contributed by atoms with Gasteiger partial charge in [-0.05, 0) is 48.8 Å². The molecule has 0 radical (unpaired) electrons. The second-order valence-corrected chi connectivity index (χ2v) is 5.18. The number of hydrogen-bond donors (Lipinski definition) is 1. The zero-order chi connectivity index (χ0) is 13.7. The Kier molecular flexibility index (Phi) is 5.28. The summed E-state index contributed by atoms with van der Waals surface area (Å²) in [5.41, 5.74) is 10.1. The average Bonchev–Trinajstić information content (AvgIpc) is 2.82. The zero-order valence-electron chi connectivity index (χ0n) is 11.1. The van der Waals surface area contributed by atoms with Gasteiger partial charge in [0.2, 0.25) is 0 Å². The van der Waals surface area contributed by atoms with Crippen LogP contribution in [0, 0.1) is 0 Å². The van der Waals surface area contributed by atoms with Crippen molar-refractivity contribution < 1.29 is 13.5 Å². The minimum atomic E-state index is -2.40. The lowest BCUT2D eigenvalue weighted by Crippen LogP contribution is -2.25. The van der Waals surface area contributed by atoms with E-state index in [0.29, 0.717) is 13.0 Å². The monoisotopic (exact) mass is 269 g/mol. The highest BCUT2D eigenvalue weighted by molar-refractivity contribution is 5.35. The summed E-state index contributed by atoms with van der Waals surface area (Å²) in [4.78, 5) is 0. The van der Waals surface area contributed by atoms with E-state index >= 15 is 0 Å². The highest BCUT2D eigenvalue weighted by atomic mass is 19.3. The van der Waals surface area contributed by atoms with E-state index in [0.717, 1.165) is 12.8 Å². The van der Waals surface area contributed by atoms with Gasteiger partial charge in [0, 0.05) is 12.6 Å². The maximum absolute atomic E-state index is 11.9. The molecule has 106 valence electrons. The molecule has 0 fully saturated rings. The Morgan fingerprint density at radius 2 is 2.00 bits per heavy atom. The number of fused-ring (bicyclic) bond motifs is 1. The molecule has 1 aromatic carbocycles. The van der Waals surface area contributed by atoms with E-state index in [2.05, 4.69) is 18.2 Å². The van der Waals surface area contributed by atoms with Crippen LogP contribution in [0.15, 0.2) is 18.2 Å². The smallest absolute Gasteiger partial charge is 0.261 e. The van der Waals surface area contributed by atoms with Crippen LogP contribution in [0.1, 0.15) is 29.5 Å². The molecule has 4 heteroatoms. The van der Waals surface area contributed by atoms with Crippen molar-refractivity contribution in [2.45, 2.75) is 44.6 Å². The zero-order valence-corrected chi connectivity index (χ0v) is 11.1. The van der Waals surface area contributed by atoms with E-state index in [4.69, 9.17) is 10.5 Å². The van der Waals surface area contributed by atoms with Gasteiger partial charge < -0.3 is 10.5 Å². The lowest BCUT2D eigenvalue weighted by molar-refractivity contribution is 0.0153. The Balaban J connectivity index is 1.74. The maximum Gasteiger partial charge on any atom is 0.261 e. The van der Waals surface area contributed by atoms with Crippen LogP contribution in [0.5, 0.6) is 0 Å². The molecule has 0 aromatic heterocycles. The number of alkyl halides is 2. The third-order valence-corrected chi connectivity index (χ3v) is 3.54. The van der Waals surface area contributed by atoms with Gasteiger partial charge in [-0.1, -0.05) is 18.2 Å². The van der Waals surface area contributed by atoms with Crippen molar-refractivity contribution in [2.75, 3.05) is 13.2 Å². The van der Waals surface area contributed by atoms with E-state index in [1.165, 1.54) is 29.5 Å². The number of aryl methyl sites for hydroxylation is 2. The van der Waals surface area contributed by atoms with Gasteiger partial charge in [0.15, 0.2) is 0 Å². The quantitative estimate of drug-likeness (QED) is 0.772. The predicted molar refractivity (Wildman–Crippen MR) is 71.6 cm³/mol. The highest BCUT2D eigenvalue weighted by Gasteiger charge is 2.12. The summed E-state index contributed by atoms with van der Waals surface area (Å²) in [5.74, 6) is 0. The second kappa shape index (κ2) is 6.96. The van der Waals surface area contributed by atoms with Gasteiger partial charge >= 0.3 is 0 Å². The number of rotatable bonds is 7. The van der Waals surface area contributed by atoms with Gasteiger partial charge in [0.1, 0.15) is 6.61 Å². The van der Waals surface area contributed by atoms with Crippen molar-refractivity contribution in [3.8, 4) is 0 Å². The van der Waals surface area contributed by atoms with Crippen molar-refractivity contribution in [2.24, 2.45) is 5.73 Å². The van der Waals surface area contributed by atoms with Gasteiger partial charge in [-0.25, -0.2) is 8.78 Å². The largest absolute Gasteiger partial charge is 0.375 e. The molecular formula is C15H21F2NO. The molecule has 1 aliphatic carbocycles. The molecule has 0 saturated carbocycles. The Bertz CT molecular complexity index is 409. The topological polar surface area (TPSA) is 35.2 Å². The van der Waals surface area contributed by atoms with Crippen LogP contribution < -0.4 is 5.73 Å². The molecule has 0 heterocycles. The fourth-order valence-electron chi connectivity index (χ4n) is 2.56. The second-order valence-electron chi connectivity index (χ2n) is 5.18. The number of nitrogens with two attached hydrogens (primary N) is 1. The van der Waals surface area contributed by atoms with Gasteiger partial charge in [-0.15, -0.1) is 0 Å². The first-order valence-corrected chi connectivity index (χ1v) is 6.87. The van der Waals surface area contributed by atoms with Crippen molar-refractivity contribution >= 4 is 0 Å². The van der Waals surface area contributed by atoms with Crippen LogP contribution in [0.2, 0.25) is 0 Å². The third-order valence-electron chi connectivity index (χ3n) is 3.54. The maximum atomic E-state index is 11.9. The molecule has 19 heavy (non-hydrogen) atoms. The minimum Gasteiger partial charge on any atom is -0.375 e.